The van der Waals surface area contributed by atoms with Gasteiger partial charge in [0.2, 0.25) is 0 Å². The molecule has 0 radical (unpaired) electrons. The number of hydrogen-bond donors (Lipinski definition) is 4. The third-order valence-electron chi connectivity index (χ3n) is 4.56. The minimum atomic E-state index is -0.183. The summed E-state index contributed by atoms with van der Waals surface area (Å²) < 4.78 is 0. The van der Waals surface area contributed by atoms with Crippen molar-refractivity contribution in [1.82, 2.24) is 16.0 Å². The number of piperidine rings is 1. The van der Waals surface area contributed by atoms with Crippen molar-refractivity contribution in [3.05, 3.63) is 0 Å². The van der Waals surface area contributed by atoms with E-state index in [1.54, 1.807) is 0 Å². The summed E-state index contributed by atoms with van der Waals surface area (Å²) in [4.78, 5) is 12.2. The van der Waals surface area contributed by atoms with E-state index in [4.69, 9.17) is 0 Å². The minimum absolute atomic E-state index is 0.0364. The van der Waals surface area contributed by atoms with Crippen molar-refractivity contribution in [2.75, 3.05) is 0 Å². The van der Waals surface area contributed by atoms with Crippen molar-refractivity contribution in [3.8, 4) is 0 Å². The molecule has 5 nitrogen and oxygen atoms in total. The summed E-state index contributed by atoms with van der Waals surface area (Å²) in [5.41, 5.74) is 0.0727. The van der Waals surface area contributed by atoms with Crippen LogP contribution in [0.5, 0.6) is 0 Å². The smallest absolute Gasteiger partial charge is 0.315 e. The van der Waals surface area contributed by atoms with Crippen LogP contribution in [0.1, 0.15) is 66.2 Å². The van der Waals surface area contributed by atoms with Gasteiger partial charge in [-0.25, -0.2) is 4.79 Å². The number of aliphatic hydroxyl groups excluding tert-OH is 1. The first-order valence-corrected chi connectivity index (χ1v) is 8.20. The molecular formula is C16H31N3O2. The minimum Gasteiger partial charge on any atom is -0.393 e. The summed E-state index contributed by atoms with van der Waals surface area (Å²) in [5, 5.41) is 19.3. The molecule has 1 aliphatic carbocycles. The maximum absolute atomic E-state index is 12.2. The predicted molar refractivity (Wildman–Crippen MR) is 84.2 cm³/mol. The predicted octanol–water partition coefficient (Wildman–Crippen LogP) is 1.90. The zero-order valence-electron chi connectivity index (χ0n) is 13.8. The lowest BCUT2D eigenvalue weighted by Gasteiger charge is -2.46. The van der Waals surface area contributed by atoms with Gasteiger partial charge in [0.1, 0.15) is 0 Å². The number of aliphatic hydroxyl groups is 1. The Morgan fingerprint density at radius 2 is 1.43 bits per heavy atom. The maximum Gasteiger partial charge on any atom is 0.315 e. The molecule has 1 saturated carbocycles. The number of carbonyl (C=O) groups excluding carboxylic acids is 1. The van der Waals surface area contributed by atoms with Crippen LogP contribution in [-0.4, -0.2) is 40.4 Å². The second-order valence-corrected chi connectivity index (χ2v) is 8.12. The van der Waals surface area contributed by atoms with Crippen LogP contribution in [0.4, 0.5) is 4.79 Å². The fourth-order valence-electron chi connectivity index (χ4n) is 4.06. The highest BCUT2D eigenvalue weighted by atomic mass is 16.3. The largest absolute Gasteiger partial charge is 0.393 e. The molecule has 0 bridgehead atoms. The fourth-order valence-corrected chi connectivity index (χ4v) is 4.06. The van der Waals surface area contributed by atoms with Crippen LogP contribution in [0.2, 0.25) is 0 Å². The molecule has 2 amide bonds. The van der Waals surface area contributed by atoms with Gasteiger partial charge in [0.25, 0.3) is 0 Å². The summed E-state index contributed by atoms with van der Waals surface area (Å²) in [6.45, 7) is 8.73. The van der Waals surface area contributed by atoms with Crippen LogP contribution < -0.4 is 16.0 Å². The van der Waals surface area contributed by atoms with E-state index in [-0.39, 0.29) is 35.3 Å². The Hall–Kier alpha value is -0.810. The van der Waals surface area contributed by atoms with Gasteiger partial charge in [-0.15, -0.1) is 0 Å². The Morgan fingerprint density at radius 1 is 0.952 bits per heavy atom. The summed E-state index contributed by atoms with van der Waals surface area (Å²) in [5.74, 6) is 0. The summed E-state index contributed by atoms with van der Waals surface area (Å²) in [7, 11) is 0. The molecule has 2 aliphatic rings. The Labute approximate surface area is 128 Å². The van der Waals surface area contributed by atoms with Crippen molar-refractivity contribution in [2.24, 2.45) is 0 Å². The number of hydrogen-bond acceptors (Lipinski definition) is 3. The maximum atomic E-state index is 12.2. The molecule has 0 atom stereocenters. The van der Waals surface area contributed by atoms with E-state index in [9.17, 15) is 9.90 Å². The molecule has 1 aliphatic heterocycles. The van der Waals surface area contributed by atoms with Gasteiger partial charge in [0.15, 0.2) is 0 Å². The lowest BCUT2D eigenvalue weighted by atomic mass is 9.80. The number of urea groups is 1. The highest BCUT2D eigenvalue weighted by molar-refractivity contribution is 5.74. The third-order valence-corrected chi connectivity index (χ3v) is 4.56. The Bertz CT molecular complexity index is 358. The molecule has 1 heterocycles. The van der Waals surface area contributed by atoms with E-state index < -0.39 is 0 Å². The lowest BCUT2D eigenvalue weighted by Crippen LogP contribution is -2.63. The van der Waals surface area contributed by atoms with Crippen LogP contribution in [0, 0.1) is 0 Å². The van der Waals surface area contributed by atoms with E-state index in [2.05, 4.69) is 43.6 Å². The third kappa shape index (κ3) is 5.15. The average Bonchev–Trinajstić information content (AvgIpc) is 2.27. The number of amides is 2. The Kier molecular flexibility index (Phi) is 4.83. The Balaban J connectivity index is 1.82. The van der Waals surface area contributed by atoms with Gasteiger partial charge in [-0.1, -0.05) is 0 Å². The van der Waals surface area contributed by atoms with E-state index in [0.717, 1.165) is 38.5 Å². The molecule has 0 aromatic rings. The standard InChI is InChI=1S/C16H31N3O2/c1-15(2)9-12(10-16(3,4)19-15)18-14(21)17-11-5-7-13(20)8-6-11/h11-13,19-20H,5-10H2,1-4H3,(H2,17,18,21). The molecule has 21 heavy (non-hydrogen) atoms. The quantitative estimate of drug-likeness (QED) is 0.629. The zero-order chi connectivity index (χ0) is 15.7. The van der Waals surface area contributed by atoms with Gasteiger partial charge < -0.3 is 21.1 Å². The monoisotopic (exact) mass is 297 g/mol. The van der Waals surface area contributed by atoms with Gasteiger partial charge in [0, 0.05) is 23.2 Å². The molecule has 2 rings (SSSR count). The highest BCUT2D eigenvalue weighted by Gasteiger charge is 2.38. The number of rotatable bonds is 2. The SMILES string of the molecule is CC1(C)CC(NC(=O)NC2CCC(O)CC2)CC(C)(C)N1. The second kappa shape index (κ2) is 6.13. The zero-order valence-corrected chi connectivity index (χ0v) is 13.8. The van der Waals surface area contributed by atoms with Gasteiger partial charge in [0.05, 0.1) is 6.10 Å². The van der Waals surface area contributed by atoms with Crippen LogP contribution in [-0.2, 0) is 0 Å². The molecule has 0 aromatic heterocycles. The van der Waals surface area contributed by atoms with Gasteiger partial charge >= 0.3 is 6.03 Å². The molecule has 1 saturated heterocycles. The molecule has 4 N–H and O–H groups in total. The van der Waals surface area contributed by atoms with Crippen molar-refractivity contribution in [2.45, 2.75) is 95.5 Å². The van der Waals surface area contributed by atoms with Crippen LogP contribution in [0.15, 0.2) is 0 Å². The second-order valence-electron chi connectivity index (χ2n) is 8.12. The van der Waals surface area contributed by atoms with E-state index in [0.29, 0.717) is 0 Å². The van der Waals surface area contributed by atoms with Crippen molar-refractivity contribution >= 4 is 6.03 Å². The number of carbonyl (C=O) groups is 1. The van der Waals surface area contributed by atoms with Gasteiger partial charge in [-0.3, -0.25) is 0 Å². The molecule has 5 heteroatoms. The van der Waals surface area contributed by atoms with Crippen LogP contribution >= 0.6 is 0 Å². The van der Waals surface area contributed by atoms with E-state index in [1.165, 1.54) is 0 Å². The normalized spacial score (nSPS) is 32.4. The number of nitrogens with one attached hydrogen (secondary N) is 3. The lowest BCUT2D eigenvalue weighted by molar-refractivity contribution is 0.116. The first-order chi connectivity index (χ1) is 9.65. The average molecular weight is 297 g/mol. The first-order valence-electron chi connectivity index (χ1n) is 8.20. The topological polar surface area (TPSA) is 73.4 Å². The van der Waals surface area contributed by atoms with Crippen molar-refractivity contribution in [1.29, 1.82) is 0 Å². The van der Waals surface area contributed by atoms with Crippen LogP contribution in [0.25, 0.3) is 0 Å². The molecule has 122 valence electrons. The molecule has 0 aromatic carbocycles. The van der Waals surface area contributed by atoms with Crippen molar-refractivity contribution in [3.63, 3.8) is 0 Å². The molecule has 0 unspecified atom stereocenters. The molecule has 0 spiro atoms. The molecule has 2 fully saturated rings. The van der Waals surface area contributed by atoms with Crippen molar-refractivity contribution < 1.29 is 9.90 Å². The van der Waals surface area contributed by atoms with E-state index >= 15 is 0 Å². The molecular weight excluding hydrogens is 266 g/mol. The van der Waals surface area contributed by atoms with Gasteiger partial charge in [-0.05, 0) is 66.2 Å². The highest BCUT2D eigenvalue weighted by Crippen LogP contribution is 2.28. The fraction of sp³-hybridized carbons (Fsp3) is 0.938. The van der Waals surface area contributed by atoms with Gasteiger partial charge in [-0.2, -0.15) is 0 Å². The summed E-state index contributed by atoms with van der Waals surface area (Å²) >= 11 is 0. The summed E-state index contributed by atoms with van der Waals surface area (Å²) in [6.07, 6.45) is 5.02. The Morgan fingerprint density at radius 3 is 1.95 bits per heavy atom. The van der Waals surface area contributed by atoms with E-state index in [1.807, 2.05) is 0 Å². The van der Waals surface area contributed by atoms with Crippen LogP contribution in [0.3, 0.4) is 0 Å². The first kappa shape index (κ1) is 16.6. The summed E-state index contributed by atoms with van der Waals surface area (Å²) in [6, 6.07) is 0.344.